The van der Waals surface area contributed by atoms with Crippen LogP contribution in [-0.4, -0.2) is 60.0 Å². The summed E-state index contributed by atoms with van der Waals surface area (Å²) in [5.74, 6) is 0.374. The second-order valence-electron chi connectivity index (χ2n) is 5.96. The summed E-state index contributed by atoms with van der Waals surface area (Å²) in [6, 6.07) is -0.551. The first-order valence-electron chi connectivity index (χ1n) is 7.76. The summed E-state index contributed by atoms with van der Waals surface area (Å²) in [7, 11) is 0. The molecule has 5 heteroatoms. The molecule has 114 valence electrons. The Hall–Kier alpha value is -1.10. The number of fused-ring (bicyclic) bond motifs is 1. The Balaban J connectivity index is 2.17. The monoisotopic (exact) mass is 282 g/mol. The van der Waals surface area contributed by atoms with Crippen LogP contribution in [0.4, 0.5) is 0 Å². The zero-order chi connectivity index (χ0) is 14.7. The quantitative estimate of drug-likeness (QED) is 0.714. The van der Waals surface area contributed by atoms with Crippen molar-refractivity contribution in [1.82, 2.24) is 9.80 Å². The maximum absolute atomic E-state index is 12.7. The largest absolute Gasteiger partial charge is 0.380 e. The molecule has 0 radical (unpaired) electrons. The molecular formula is C15H26N2O3. The van der Waals surface area contributed by atoms with Crippen LogP contribution < -0.4 is 0 Å². The number of nitrogens with zero attached hydrogens (tertiary/aromatic N) is 2. The van der Waals surface area contributed by atoms with Crippen LogP contribution in [0.5, 0.6) is 0 Å². The summed E-state index contributed by atoms with van der Waals surface area (Å²) in [6.07, 6.45) is 2.85. The Morgan fingerprint density at radius 3 is 2.65 bits per heavy atom. The Labute approximate surface area is 121 Å². The molecule has 2 aliphatic heterocycles. The molecule has 0 N–H and O–H groups in total. The molecule has 2 aliphatic rings. The van der Waals surface area contributed by atoms with Crippen LogP contribution in [-0.2, 0) is 14.3 Å². The summed E-state index contributed by atoms with van der Waals surface area (Å²) in [6.45, 7) is 8.35. The summed E-state index contributed by atoms with van der Waals surface area (Å²) in [4.78, 5) is 28.9. The fourth-order valence-corrected chi connectivity index (χ4v) is 3.29. The van der Waals surface area contributed by atoms with Crippen LogP contribution in [0.25, 0.3) is 0 Å². The number of rotatable bonds is 5. The molecule has 0 spiro atoms. The van der Waals surface area contributed by atoms with E-state index in [1.54, 1.807) is 4.90 Å². The number of carbonyl (C=O) groups is 2. The molecule has 0 aliphatic carbocycles. The van der Waals surface area contributed by atoms with Crippen molar-refractivity contribution in [2.24, 2.45) is 5.92 Å². The van der Waals surface area contributed by atoms with Gasteiger partial charge in [0, 0.05) is 19.7 Å². The van der Waals surface area contributed by atoms with Gasteiger partial charge in [0.05, 0.1) is 6.61 Å². The average Bonchev–Trinajstić information content (AvgIpc) is 2.44. The number of amides is 2. The van der Waals surface area contributed by atoms with E-state index in [1.807, 2.05) is 25.7 Å². The highest BCUT2D eigenvalue weighted by molar-refractivity contribution is 5.97. The van der Waals surface area contributed by atoms with Gasteiger partial charge >= 0.3 is 0 Å². The van der Waals surface area contributed by atoms with E-state index in [0.29, 0.717) is 19.8 Å². The molecular weight excluding hydrogens is 256 g/mol. The van der Waals surface area contributed by atoms with Gasteiger partial charge in [-0.15, -0.1) is 0 Å². The van der Waals surface area contributed by atoms with E-state index in [2.05, 4.69) is 0 Å². The van der Waals surface area contributed by atoms with Gasteiger partial charge in [-0.05, 0) is 32.1 Å². The van der Waals surface area contributed by atoms with Crippen LogP contribution in [0, 0.1) is 5.92 Å². The van der Waals surface area contributed by atoms with Crippen molar-refractivity contribution in [3.63, 3.8) is 0 Å². The molecule has 0 aromatic rings. The lowest BCUT2D eigenvalue weighted by Crippen LogP contribution is -2.67. The van der Waals surface area contributed by atoms with Gasteiger partial charge in [0.25, 0.3) is 0 Å². The number of piperazine rings is 1. The van der Waals surface area contributed by atoms with Gasteiger partial charge in [-0.25, -0.2) is 0 Å². The SMILES string of the molecule is CCOCCN1C(=O)C2CCCCN2C(=O)C1C(C)C. The van der Waals surface area contributed by atoms with Gasteiger partial charge in [-0.3, -0.25) is 9.59 Å². The van der Waals surface area contributed by atoms with Crippen molar-refractivity contribution < 1.29 is 14.3 Å². The predicted octanol–water partition coefficient (Wildman–Crippen LogP) is 1.27. The zero-order valence-corrected chi connectivity index (χ0v) is 12.8. The number of carbonyl (C=O) groups excluding carboxylic acids is 2. The molecule has 2 saturated heterocycles. The number of hydrogen-bond acceptors (Lipinski definition) is 3. The van der Waals surface area contributed by atoms with E-state index in [1.165, 1.54) is 0 Å². The standard InChI is InChI=1S/C15H26N2O3/c1-4-20-10-9-17-13(11(2)3)15(19)16-8-6-5-7-12(16)14(17)18/h11-13H,4-10H2,1-3H3. The first-order valence-corrected chi connectivity index (χ1v) is 7.76. The van der Waals surface area contributed by atoms with Gasteiger partial charge in [0.15, 0.2) is 0 Å². The second kappa shape index (κ2) is 6.57. The molecule has 2 atom stereocenters. The zero-order valence-electron chi connectivity index (χ0n) is 12.8. The summed E-state index contributed by atoms with van der Waals surface area (Å²) in [5.41, 5.74) is 0. The average molecular weight is 282 g/mol. The third-order valence-corrected chi connectivity index (χ3v) is 4.25. The molecule has 2 rings (SSSR count). The highest BCUT2D eigenvalue weighted by Crippen LogP contribution is 2.28. The van der Waals surface area contributed by atoms with Crippen molar-refractivity contribution >= 4 is 11.8 Å². The lowest BCUT2D eigenvalue weighted by molar-refractivity contribution is -0.166. The molecule has 0 bridgehead atoms. The van der Waals surface area contributed by atoms with Crippen LogP contribution >= 0.6 is 0 Å². The summed E-state index contributed by atoms with van der Waals surface area (Å²) >= 11 is 0. The first kappa shape index (κ1) is 15.3. The number of piperidine rings is 1. The predicted molar refractivity (Wildman–Crippen MR) is 76.2 cm³/mol. The summed E-state index contributed by atoms with van der Waals surface area (Å²) < 4.78 is 5.37. The molecule has 20 heavy (non-hydrogen) atoms. The normalized spacial score (nSPS) is 27.2. The molecule has 2 heterocycles. The van der Waals surface area contributed by atoms with E-state index in [9.17, 15) is 9.59 Å². The maximum Gasteiger partial charge on any atom is 0.246 e. The highest BCUT2D eigenvalue weighted by atomic mass is 16.5. The maximum atomic E-state index is 12.7. The van der Waals surface area contributed by atoms with E-state index < -0.39 is 0 Å². The van der Waals surface area contributed by atoms with Crippen LogP contribution in [0.2, 0.25) is 0 Å². The Morgan fingerprint density at radius 2 is 2.00 bits per heavy atom. The topological polar surface area (TPSA) is 49.9 Å². The van der Waals surface area contributed by atoms with Crippen molar-refractivity contribution in [2.75, 3.05) is 26.3 Å². The number of ether oxygens (including phenoxy) is 1. The number of hydrogen-bond donors (Lipinski definition) is 0. The third kappa shape index (κ3) is 2.82. The van der Waals surface area contributed by atoms with E-state index in [-0.39, 0.29) is 29.8 Å². The fraction of sp³-hybridized carbons (Fsp3) is 0.867. The lowest BCUT2D eigenvalue weighted by atomic mass is 9.91. The Kier molecular flexibility index (Phi) is 5.02. The van der Waals surface area contributed by atoms with E-state index >= 15 is 0 Å². The minimum Gasteiger partial charge on any atom is -0.380 e. The van der Waals surface area contributed by atoms with Gasteiger partial charge in [0.1, 0.15) is 12.1 Å². The van der Waals surface area contributed by atoms with Crippen molar-refractivity contribution in [1.29, 1.82) is 0 Å². The molecule has 2 unspecified atom stereocenters. The van der Waals surface area contributed by atoms with Crippen molar-refractivity contribution in [2.45, 2.75) is 52.1 Å². The fourth-order valence-electron chi connectivity index (χ4n) is 3.29. The van der Waals surface area contributed by atoms with Gasteiger partial charge in [-0.1, -0.05) is 13.8 Å². The Bertz CT molecular complexity index is 370. The minimum absolute atomic E-state index is 0.114. The third-order valence-electron chi connectivity index (χ3n) is 4.25. The van der Waals surface area contributed by atoms with Crippen LogP contribution in [0.3, 0.4) is 0 Å². The smallest absolute Gasteiger partial charge is 0.246 e. The molecule has 2 amide bonds. The van der Waals surface area contributed by atoms with Gasteiger partial charge in [0.2, 0.25) is 11.8 Å². The first-order chi connectivity index (χ1) is 9.57. The lowest BCUT2D eigenvalue weighted by Gasteiger charge is -2.48. The molecule has 5 nitrogen and oxygen atoms in total. The second-order valence-corrected chi connectivity index (χ2v) is 5.96. The van der Waals surface area contributed by atoms with E-state index in [0.717, 1.165) is 25.8 Å². The van der Waals surface area contributed by atoms with Crippen LogP contribution in [0.1, 0.15) is 40.0 Å². The molecule has 2 fully saturated rings. The highest BCUT2D eigenvalue weighted by Gasteiger charge is 2.47. The van der Waals surface area contributed by atoms with Crippen molar-refractivity contribution in [3.8, 4) is 0 Å². The van der Waals surface area contributed by atoms with Crippen LogP contribution in [0.15, 0.2) is 0 Å². The van der Waals surface area contributed by atoms with Crippen molar-refractivity contribution in [3.05, 3.63) is 0 Å². The molecule has 0 aromatic carbocycles. The molecule has 0 saturated carbocycles. The summed E-state index contributed by atoms with van der Waals surface area (Å²) in [5, 5.41) is 0. The molecule has 0 aromatic heterocycles. The van der Waals surface area contributed by atoms with Gasteiger partial charge < -0.3 is 14.5 Å². The minimum atomic E-state index is -0.322. The van der Waals surface area contributed by atoms with Gasteiger partial charge in [-0.2, -0.15) is 0 Å². The van der Waals surface area contributed by atoms with E-state index in [4.69, 9.17) is 4.74 Å². The Morgan fingerprint density at radius 1 is 1.25 bits per heavy atom.